The van der Waals surface area contributed by atoms with Crippen LogP contribution in [-0.4, -0.2) is 47.5 Å². The van der Waals surface area contributed by atoms with E-state index in [9.17, 15) is 10.1 Å². The second-order valence-corrected chi connectivity index (χ2v) is 5.30. The third kappa shape index (κ3) is 2.46. The van der Waals surface area contributed by atoms with Gasteiger partial charge in [-0.15, -0.1) is 0 Å². The molecule has 1 aromatic heterocycles. The third-order valence-corrected chi connectivity index (χ3v) is 3.73. The molecule has 0 saturated carbocycles. The summed E-state index contributed by atoms with van der Waals surface area (Å²) in [6.07, 6.45) is 1.60. The highest BCUT2D eigenvalue weighted by Crippen LogP contribution is 2.32. The number of nitrogens with zero attached hydrogens (tertiary/aromatic N) is 4. The summed E-state index contributed by atoms with van der Waals surface area (Å²) in [5, 5.41) is 11.0. The molecule has 98 valence electrons. The lowest BCUT2D eigenvalue weighted by Crippen LogP contribution is -2.58. The maximum absolute atomic E-state index is 11.0. The maximum atomic E-state index is 11.0. The lowest BCUT2D eigenvalue weighted by atomic mass is 10.1. The number of halogens is 1. The van der Waals surface area contributed by atoms with Gasteiger partial charge in [-0.25, -0.2) is 4.98 Å². The monoisotopic (exact) mass is 314 g/mol. The van der Waals surface area contributed by atoms with E-state index >= 15 is 0 Å². The number of nitro groups is 1. The summed E-state index contributed by atoms with van der Waals surface area (Å²) in [7, 11) is 2.06. The topological polar surface area (TPSA) is 62.5 Å². The molecule has 0 aromatic carbocycles. The molecule has 2 heterocycles. The average Bonchev–Trinajstić information content (AvgIpc) is 2.28. The fourth-order valence-electron chi connectivity index (χ4n) is 1.96. The van der Waals surface area contributed by atoms with Crippen LogP contribution >= 0.6 is 15.9 Å². The molecule has 1 aliphatic heterocycles. The van der Waals surface area contributed by atoms with Gasteiger partial charge in [0.05, 0.1) is 4.92 Å². The Hall–Kier alpha value is -1.21. The van der Waals surface area contributed by atoms with Crippen molar-refractivity contribution in [3.05, 3.63) is 26.9 Å². The quantitative estimate of drug-likeness (QED) is 0.627. The predicted molar refractivity (Wildman–Crippen MR) is 72.9 cm³/mol. The van der Waals surface area contributed by atoms with Gasteiger partial charge in [-0.1, -0.05) is 6.92 Å². The van der Waals surface area contributed by atoms with E-state index in [-0.39, 0.29) is 10.6 Å². The van der Waals surface area contributed by atoms with Crippen molar-refractivity contribution >= 4 is 27.4 Å². The summed E-state index contributed by atoms with van der Waals surface area (Å²) in [5.74, 6) is 0.462. The van der Waals surface area contributed by atoms with E-state index in [0.29, 0.717) is 16.3 Å². The normalized spacial score (nSPS) is 15.9. The van der Waals surface area contributed by atoms with E-state index < -0.39 is 0 Å². The summed E-state index contributed by atoms with van der Waals surface area (Å²) in [5.41, 5.74) is 0.0574. The first-order valence-electron chi connectivity index (χ1n) is 5.78. The zero-order valence-corrected chi connectivity index (χ0v) is 11.9. The SMILES string of the molecule is CCN(C)C1CN(c2ncc(Br)cc2[N+](=O)[O-])C1. The average molecular weight is 315 g/mol. The zero-order valence-electron chi connectivity index (χ0n) is 10.3. The highest BCUT2D eigenvalue weighted by Gasteiger charge is 2.34. The van der Waals surface area contributed by atoms with Gasteiger partial charge >= 0.3 is 5.69 Å². The van der Waals surface area contributed by atoms with Crippen molar-refractivity contribution in [1.82, 2.24) is 9.88 Å². The summed E-state index contributed by atoms with van der Waals surface area (Å²) in [4.78, 5) is 19.0. The van der Waals surface area contributed by atoms with Crippen LogP contribution in [0.4, 0.5) is 11.5 Å². The van der Waals surface area contributed by atoms with Gasteiger partial charge in [-0.05, 0) is 29.5 Å². The van der Waals surface area contributed by atoms with Crippen LogP contribution in [0.25, 0.3) is 0 Å². The van der Waals surface area contributed by atoms with Crippen molar-refractivity contribution in [3.8, 4) is 0 Å². The Morgan fingerprint density at radius 2 is 2.33 bits per heavy atom. The van der Waals surface area contributed by atoms with Gasteiger partial charge in [0.2, 0.25) is 5.82 Å². The Morgan fingerprint density at radius 3 is 2.89 bits per heavy atom. The van der Waals surface area contributed by atoms with Gasteiger partial charge in [0.15, 0.2) is 0 Å². The molecule has 0 radical (unpaired) electrons. The van der Waals surface area contributed by atoms with Crippen LogP contribution in [0.1, 0.15) is 6.92 Å². The van der Waals surface area contributed by atoms with E-state index in [0.717, 1.165) is 19.6 Å². The molecule has 1 saturated heterocycles. The molecule has 1 fully saturated rings. The van der Waals surface area contributed by atoms with Gasteiger partial charge in [0.1, 0.15) is 0 Å². The number of hydrogen-bond donors (Lipinski definition) is 0. The number of aromatic nitrogens is 1. The fourth-order valence-corrected chi connectivity index (χ4v) is 2.28. The molecular weight excluding hydrogens is 300 g/mol. The molecule has 0 N–H and O–H groups in total. The van der Waals surface area contributed by atoms with E-state index in [4.69, 9.17) is 0 Å². The molecule has 18 heavy (non-hydrogen) atoms. The standard InChI is InChI=1S/C11H15BrN4O2/c1-3-14(2)9-6-15(7-9)11-10(16(17)18)4-8(12)5-13-11/h4-5,9H,3,6-7H2,1-2H3. The van der Waals surface area contributed by atoms with Crippen molar-refractivity contribution in [3.63, 3.8) is 0 Å². The van der Waals surface area contributed by atoms with Gasteiger partial charge in [0, 0.05) is 35.9 Å². The molecule has 1 aliphatic rings. The first-order chi connectivity index (χ1) is 8.52. The van der Waals surface area contributed by atoms with Crippen LogP contribution in [0, 0.1) is 10.1 Å². The number of pyridine rings is 1. The molecule has 0 amide bonds. The van der Waals surface area contributed by atoms with Crippen molar-refractivity contribution < 1.29 is 4.92 Å². The van der Waals surface area contributed by atoms with E-state index in [1.54, 1.807) is 6.20 Å². The molecule has 0 aliphatic carbocycles. The highest BCUT2D eigenvalue weighted by atomic mass is 79.9. The predicted octanol–water partition coefficient (Wildman–Crippen LogP) is 1.89. The number of likely N-dealkylation sites (N-methyl/N-ethyl adjacent to an activating group) is 1. The first-order valence-corrected chi connectivity index (χ1v) is 6.57. The Balaban J connectivity index is 2.14. The summed E-state index contributed by atoms with van der Waals surface area (Å²) in [6.45, 7) is 4.66. The molecule has 0 spiro atoms. The molecular formula is C11H15BrN4O2. The first kappa shape index (κ1) is 13.2. The van der Waals surface area contributed by atoms with Crippen LogP contribution in [0.15, 0.2) is 16.7 Å². The second-order valence-electron chi connectivity index (χ2n) is 4.39. The molecule has 2 rings (SSSR count). The van der Waals surface area contributed by atoms with E-state index in [2.05, 4.69) is 39.8 Å². The van der Waals surface area contributed by atoms with Gasteiger partial charge in [-0.2, -0.15) is 0 Å². The molecule has 0 bridgehead atoms. The van der Waals surface area contributed by atoms with Crippen molar-refractivity contribution in [2.45, 2.75) is 13.0 Å². The van der Waals surface area contributed by atoms with Crippen LogP contribution in [0.3, 0.4) is 0 Å². The lowest BCUT2D eigenvalue weighted by Gasteiger charge is -2.44. The molecule has 0 atom stereocenters. The lowest BCUT2D eigenvalue weighted by molar-refractivity contribution is -0.384. The minimum atomic E-state index is -0.385. The number of rotatable bonds is 4. The largest absolute Gasteiger partial charge is 0.348 e. The molecule has 7 heteroatoms. The zero-order chi connectivity index (χ0) is 13.3. The minimum Gasteiger partial charge on any atom is -0.348 e. The molecule has 1 aromatic rings. The smallest absolute Gasteiger partial charge is 0.312 e. The van der Waals surface area contributed by atoms with E-state index in [1.807, 2.05) is 4.90 Å². The summed E-state index contributed by atoms with van der Waals surface area (Å²) < 4.78 is 0.626. The van der Waals surface area contributed by atoms with Crippen LogP contribution < -0.4 is 4.90 Å². The van der Waals surface area contributed by atoms with Crippen LogP contribution in [-0.2, 0) is 0 Å². The third-order valence-electron chi connectivity index (χ3n) is 3.29. The van der Waals surface area contributed by atoms with Crippen molar-refractivity contribution in [2.24, 2.45) is 0 Å². The van der Waals surface area contributed by atoms with Crippen LogP contribution in [0.2, 0.25) is 0 Å². The van der Waals surface area contributed by atoms with Gasteiger partial charge in [-0.3, -0.25) is 10.1 Å². The highest BCUT2D eigenvalue weighted by molar-refractivity contribution is 9.10. The Labute approximate surface area is 114 Å². The second kappa shape index (κ2) is 5.19. The summed E-state index contributed by atoms with van der Waals surface area (Å²) in [6, 6.07) is 1.96. The Morgan fingerprint density at radius 1 is 1.67 bits per heavy atom. The minimum absolute atomic E-state index is 0.0574. The van der Waals surface area contributed by atoms with Crippen molar-refractivity contribution in [1.29, 1.82) is 0 Å². The van der Waals surface area contributed by atoms with E-state index in [1.165, 1.54) is 6.07 Å². The van der Waals surface area contributed by atoms with Gasteiger partial charge in [0.25, 0.3) is 0 Å². The maximum Gasteiger partial charge on any atom is 0.312 e. The van der Waals surface area contributed by atoms with Crippen molar-refractivity contribution in [2.75, 3.05) is 31.6 Å². The number of hydrogen-bond acceptors (Lipinski definition) is 5. The van der Waals surface area contributed by atoms with Gasteiger partial charge < -0.3 is 9.80 Å². The summed E-state index contributed by atoms with van der Waals surface area (Å²) >= 11 is 3.21. The molecule has 6 nitrogen and oxygen atoms in total. The van der Waals surface area contributed by atoms with Crippen LogP contribution in [0.5, 0.6) is 0 Å². The number of anilines is 1. The molecule has 0 unspecified atom stereocenters. The Bertz CT molecular complexity index is 462. The fraction of sp³-hybridized carbons (Fsp3) is 0.545. The Kier molecular flexibility index (Phi) is 3.82.